The fraction of sp³-hybridized carbons (Fsp3) is 0.250. The third kappa shape index (κ3) is 11.3. The molecule has 3 nitrogen and oxygen atoms in total. The maximum Gasteiger partial charge on any atom is 0.404 e. The maximum atomic E-state index is 9.69. The van der Waals surface area contributed by atoms with Crippen molar-refractivity contribution in [3.63, 3.8) is 0 Å². The molecule has 54 valence electrons. The van der Waals surface area contributed by atoms with Gasteiger partial charge in [-0.25, -0.2) is 4.79 Å². The van der Waals surface area contributed by atoms with Crippen LogP contribution in [0.25, 0.3) is 0 Å². The minimum atomic E-state index is -1.04. The molecule has 1 amide bonds. The van der Waals surface area contributed by atoms with Gasteiger partial charge in [0.15, 0.2) is 0 Å². The van der Waals surface area contributed by atoms with Crippen LogP contribution < -0.4 is 5.32 Å². The Morgan fingerprint density at radius 2 is 2.33 bits per heavy atom. The van der Waals surface area contributed by atoms with Crippen LogP contribution in [0.4, 0.5) is 4.79 Å². The van der Waals surface area contributed by atoms with Crippen molar-refractivity contribution in [1.29, 1.82) is 0 Å². The molecule has 0 heterocycles. The van der Waals surface area contributed by atoms with Crippen LogP contribution in [-0.2, 0) is 0 Å². The Labute approximate surface area is 64.1 Å². The molecule has 0 unspecified atom stereocenters. The van der Waals surface area contributed by atoms with Crippen molar-refractivity contribution >= 4 is 30.1 Å². The van der Waals surface area contributed by atoms with E-state index in [9.17, 15) is 4.79 Å². The maximum absolute atomic E-state index is 9.69. The Morgan fingerprint density at radius 3 is 2.67 bits per heavy atom. The Hall–Kier alpha value is -0.410. The van der Waals surface area contributed by atoms with Gasteiger partial charge in [-0.05, 0) is 0 Å². The van der Waals surface area contributed by atoms with Crippen LogP contribution in [0.15, 0.2) is 11.6 Å². The summed E-state index contributed by atoms with van der Waals surface area (Å²) >= 11 is 5.07. The van der Waals surface area contributed by atoms with E-state index in [0.717, 1.165) is 0 Å². The second-order valence-electron chi connectivity index (χ2n) is 1.05. The summed E-state index contributed by atoms with van der Waals surface area (Å²) in [6.45, 7) is 0.263. The summed E-state index contributed by atoms with van der Waals surface area (Å²) in [5.74, 6) is 0. The molecule has 9 heavy (non-hydrogen) atoms. The summed E-state index contributed by atoms with van der Waals surface area (Å²) < 4.78 is 0. The van der Waals surface area contributed by atoms with E-state index in [1.54, 1.807) is 0 Å². The predicted molar refractivity (Wildman–Crippen MR) is 38.3 cm³/mol. The lowest BCUT2D eigenvalue weighted by Crippen LogP contribution is -2.20. The molecule has 0 aliphatic heterocycles. The number of rotatable bonds is 2. The molecule has 0 aliphatic carbocycles. The molecule has 2 N–H and O–H groups in total. The van der Waals surface area contributed by atoms with Gasteiger partial charge in [-0.3, -0.25) is 0 Å². The average Bonchev–Trinajstić information content (AvgIpc) is 1.66. The standard InChI is InChI=1S/C4H6ClNO2.ClH/c5-2-1-3-6-4(7)8;/h1-2,6H,3H2,(H,7,8);1H. The fourth-order valence-corrected chi connectivity index (χ4v) is 0.280. The van der Waals surface area contributed by atoms with Gasteiger partial charge in [0.25, 0.3) is 0 Å². The molecule has 0 aromatic carbocycles. The van der Waals surface area contributed by atoms with Gasteiger partial charge in [-0.2, -0.15) is 0 Å². The zero-order valence-electron chi connectivity index (χ0n) is 4.50. The van der Waals surface area contributed by atoms with Crippen molar-refractivity contribution in [2.75, 3.05) is 6.54 Å². The molecular weight excluding hydrogens is 165 g/mol. The third-order valence-electron chi connectivity index (χ3n) is 0.460. The van der Waals surface area contributed by atoms with Crippen LogP contribution in [0.5, 0.6) is 0 Å². The summed E-state index contributed by atoms with van der Waals surface area (Å²) in [5.41, 5.74) is 1.26. The first-order valence-corrected chi connectivity index (χ1v) is 2.43. The lowest BCUT2D eigenvalue weighted by molar-refractivity contribution is 0.195. The van der Waals surface area contributed by atoms with Gasteiger partial charge >= 0.3 is 6.09 Å². The third-order valence-corrected chi connectivity index (χ3v) is 0.638. The molecule has 0 bridgehead atoms. The Kier molecular flexibility index (Phi) is 9.61. The van der Waals surface area contributed by atoms with E-state index in [0.29, 0.717) is 0 Å². The highest BCUT2D eigenvalue weighted by Gasteiger charge is 1.85. The smallest absolute Gasteiger partial charge is 0.404 e. The number of hydrogen-bond donors (Lipinski definition) is 2. The molecule has 0 aromatic rings. The summed E-state index contributed by atoms with van der Waals surface area (Å²) in [6.07, 6.45) is 0.454. The number of carbonyl (C=O) groups is 1. The van der Waals surface area contributed by atoms with E-state index >= 15 is 0 Å². The van der Waals surface area contributed by atoms with E-state index in [2.05, 4.69) is 5.32 Å². The number of nitrogens with one attached hydrogen (secondary N) is 1. The fourth-order valence-electron chi connectivity index (χ4n) is 0.191. The summed E-state index contributed by atoms with van der Waals surface area (Å²) in [5, 5.41) is 10.0. The van der Waals surface area contributed by atoms with Crippen molar-refractivity contribution < 1.29 is 9.90 Å². The van der Waals surface area contributed by atoms with Crippen LogP contribution >= 0.6 is 24.0 Å². The minimum Gasteiger partial charge on any atom is -0.465 e. The molecule has 0 radical (unpaired) electrons. The zero-order chi connectivity index (χ0) is 6.41. The number of amides is 1. The molecule has 0 rings (SSSR count). The van der Waals surface area contributed by atoms with Gasteiger partial charge in [0.1, 0.15) is 0 Å². The minimum absolute atomic E-state index is 0. The van der Waals surface area contributed by atoms with E-state index in [-0.39, 0.29) is 19.0 Å². The van der Waals surface area contributed by atoms with E-state index in [1.165, 1.54) is 11.6 Å². The summed E-state index contributed by atoms with van der Waals surface area (Å²) in [4.78, 5) is 9.69. The highest BCUT2D eigenvalue weighted by atomic mass is 35.5. The molecule has 0 fully saturated rings. The van der Waals surface area contributed by atoms with E-state index in [4.69, 9.17) is 16.7 Å². The highest BCUT2D eigenvalue weighted by Crippen LogP contribution is 1.74. The van der Waals surface area contributed by atoms with Crippen LogP contribution in [0.1, 0.15) is 0 Å². The molecule has 0 saturated heterocycles. The summed E-state index contributed by atoms with van der Waals surface area (Å²) in [7, 11) is 0. The van der Waals surface area contributed by atoms with Crippen molar-refractivity contribution in [2.24, 2.45) is 0 Å². The second kappa shape index (κ2) is 7.59. The second-order valence-corrected chi connectivity index (χ2v) is 1.30. The van der Waals surface area contributed by atoms with Gasteiger partial charge < -0.3 is 10.4 Å². The van der Waals surface area contributed by atoms with Crippen LogP contribution in [0.2, 0.25) is 0 Å². The van der Waals surface area contributed by atoms with Gasteiger partial charge in [-0.15, -0.1) is 12.4 Å². The molecule has 0 spiro atoms. The normalized spacial score (nSPS) is 8.56. The molecule has 0 atom stereocenters. The quantitative estimate of drug-likeness (QED) is 0.661. The van der Waals surface area contributed by atoms with Gasteiger partial charge in [-0.1, -0.05) is 17.7 Å². The monoisotopic (exact) mass is 171 g/mol. The zero-order valence-corrected chi connectivity index (χ0v) is 6.08. The SMILES string of the molecule is Cl.O=C(O)NCC=CCl. The van der Waals surface area contributed by atoms with Crippen LogP contribution in [0, 0.1) is 0 Å². The van der Waals surface area contributed by atoms with Gasteiger partial charge in [0, 0.05) is 12.1 Å². The molecule has 0 saturated carbocycles. The number of halogens is 2. The van der Waals surface area contributed by atoms with Crippen LogP contribution in [-0.4, -0.2) is 17.7 Å². The van der Waals surface area contributed by atoms with Gasteiger partial charge in [0.2, 0.25) is 0 Å². The van der Waals surface area contributed by atoms with Crippen molar-refractivity contribution in [1.82, 2.24) is 5.32 Å². The van der Waals surface area contributed by atoms with Gasteiger partial charge in [0.05, 0.1) is 0 Å². The number of hydrogen-bond acceptors (Lipinski definition) is 1. The van der Waals surface area contributed by atoms with Crippen molar-refractivity contribution in [2.45, 2.75) is 0 Å². The molecular formula is C4H7Cl2NO2. The lowest BCUT2D eigenvalue weighted by atomic mass is 10.6. The molecule has 0 aromatic heterocycles. The Morgan fingerprint density at radius 1 is 1.78 bits per heavy atom. The highest BCUT2D eigenvalue weighted by molar-refractivity contribution is 6.25. The first-order chi connectivity index (χ1) is 3.77. The molecule has 5 heteroatoms. The van der Waals surface area contributed by atoms with Crippen molar-refractivity contribution in [3.8, 4) is 0 Å². The van der Waals surface area contributed by atoms with E-state index in [1.807, 2.05) is 0 Å². The number of carboxylic acid groups (broad SMARTS) is 1. The Bertz CT molecular complexity index is 105. The Balaban J connectivity index is 0. The predicted octanol–water partition coefficient (Wildman–Crippen LogP) is 1.43. The largest absolute Gasteiger partial charge is 0.465 e. The first kappa shape index (κ1) is 11.4. The summed E-state index contributed by atoms with van der Waals surface area (Å²) in [6, 6.07) is 0. The first-order valence-electron chi connectivity index (χ1n) is 1.99. The van der Waals surface area contributed by atoms with Crippen LogP contribution in [0.3, 0.4) is 0 Å². The average molecular weight is 172 g/mol. The lowest BCUT2D eigenvalue weighted by Gasteiger charge is -1.89. The molecule has 0 aliphatic rings. The van der Waals surface area contributed by atoms with Crippen molar-refractivity contribution in [3.05, 3.63) is 11.6 Å². The topological polar surface area (TPSA) is 49.3 Å². The van der Waals surface area contributed by atoms with E-state index < -0.39 is 6.09 Å².